The standard InChI is InChI=1S/C66H98N18O14S2/c1-39(85)55-63(96)81-52(62(95)83-56(40(2)86)64(97)98)34-100-99-33-51(61(94)78-49(30-42-18-20-44(87)21-19-42)59(92)79-50(31-43-32-73-46-14-7-6-13-45(43)46)60(93)77-47(57(90)82-55)15-8-9-22-67)80-58(91)48(29-41-11-4-3-5-12-41)76-53(88)16-10-17-54(89)84-66-37-71-25-23-69-35-65(68,74-27-28-75-66)36-70-24-26-72-38-66/h3-7,11-14,18-21,32,39-40,47-52,55-56,69-75,85-87H,8-10,15-17,22-31,33-38,67-68H2,1-2H3,(H,76,88)(H,77,93)(H,78,94)(H,79,92)(H,80,91)(H,81,96)(H,82,90)(H,83,95)(H,84,89)(H,97,98)/t39?,40?,47-,48+,49-,50+,51-,52-,55-,56-,65-,66-/m0/s1. The van der Waals surface area contributed by atoms with Gasteiger partial charge in [0.1, 0.15) is 53.7 Å². The van der Waals surface area contributed by atoms with E-state index in [-0.39, 0.29) is 75.3 Å². The molecule has 9 amide bonds. The number of aliphatic hydroxyl groups is 2. The summed E-state index contributed by atoms with van der Waals surface area (Å²) < 4.78 is 0. The third-order valence-corrected chi connectivity index (χ3v) is 19.5. The van der Waals surface area contributed by atoms with Crippen LogP contribution in [0.2, 0.25) is 0 Å². The highest BCUT2D eigenvalue weighted by molar-refractivity contribution is 8.76. The molecule has 4 heterocycles. The maximum Gasteiger partial charge on any atom is 0.328 e. The Hall–Kier alpha value is -8.00. The third-order valence-electron chi connectivity index (χ3n) is 17.1. The minimum Gasteiger partial charge on any atom is -0.508 e. The summed E-state index contributed by atoms with van der Waals surface area (Å²) >= 11 is 0. The van der Waals surface area contributed by atoms with Crippen LogP contribution in [-0.2, 0) is 67.2 Å². The molecule has 32 nitrogen and oxygen atoms in total. The van der Waals surface area contributed by atoms with Gasteiger partial charge in [-0.3, -0.25) is 53.8 Å². The van der Waals surface area contributed by atoms with Crippen molar-refractivity contribution >= 4 is 91.6 Å². The first kappa shape index (κ1) is 79.3. The molecule has 0 aliphatic carbocycles. The van der Waals surface area contributed by atoms with Gasteiger partial charge in [0.15, 0.2) is 6.04 Å². The molecule has 1 aromatic heterocycles. The number of benzene rings is 3. The summed E-state index contributed by atoms with van der Waals surface area (Å²) in [4.78, 5) is 147. The van der Waals surface area contributed by atoms with Gasteiger partial charge in [0.2, 0.25) is 53.2 Å². The minimum atomic E-state index is -1.88. The molecule has 548 valence electrons. The Morgan fingerprint density at radius 2 is 1.23 bits per heavy atom. The number of hydrogen-bond acceptors (Lipinski definition) is 23. The van der Waals surface area contributed by atoms with Gasteiger partial charge in [0.25, 0.3) is 0 Å². The molecule has 10 atom stereocenters. The van der Waals surface area contributed by atoms with Gasteiger partial charge in [-0.1, -0.05) is 82.3 Å². The normalized spacial score (nSPS) is 25.0. The molecule has 3 aliphatic heterocycles. The summed E-state index contributed by atoms with van der Waals surface area (Å²) in [5.74, 6) is -10.3. The number of nitrogens with two attached hydrogens (primary N) is 2. The largest absolute Gasteiger partial charge is 0.508 e. The SMILES string of the molecule is CC(O)[C@H](NC(=O)[C@@H]1CSSC[C@H](NC(=O)[C@@H](Cc2ccccc2)NC(=O)CCCC(=O)N[C@]23CNCCNC[C@](N)(CNCCNC2)NCCN3)C(=O)N[C@@H](Cc2ccc(O)cc2)C(=O)N[C@H](Cc2c[nH]c3ccccc23)C(=O)N[C@@H](CCCCN)C(=O)N[C@@H](C(C)O)C(=O)N1)C(=O)O. The van der Waals surface area contributed by atoms with E-state index in [1.807, 2.05) is 0 Å². The number of unbranched alkanes of at least 4 members (excludes halogenated alkanes) is 1. The zero-order chi connectivity index (χ0) is 72.2. The lowest BCUT2D eigenvalue weighted by molar-refractivity contribution is -0.145. The lowest BCUT2D eigenvalue weighted by atomic mass is 10.0. The van der Waals surface area contributed by atoms with Crippen LogP contribution in [-0.4, -0.2) is 240 Å². The van der Waals surface area contributed by atoms with Gasteiger partial charge in [-0.15, -0.1) is 0 Å². The molecule has 7 rings (SSSR count). The van der Waals surface area contributed by atoms with Gasteiger partial charge < -0.3 is 106 Å². The number of aromatic amines is 1. The minimum absolute atomic E-state index is 0.0608. The van der Waals surface area contributed by atoms with E-state index in [2.05, 4.69) is 84.7 Å². The predicted molar refractivity (Wildman–Crippen MR) is 377 cm³/mol. The van der Waals surface area contributed by atoms with Crippen LogP contribution in [0.4, 0.5) is 0 Å². The fraction of sp³-hybridized carbons (Fsp3) is 0.545. The molecule has 3 aromatic carbocycles. The molecule has 2 unspecified atom stereocenters. The van der Waals surface area contributed by atoms with Crippen LogP contribution < -0.4 is 91.2 Å². The Morgan fingerprint density at radius 1 is 0.630 bits per heavy atom. The number of carboxylic acid groups (broad SMARTS) is 1. The Morgan fingerprint density at radius 3 is 1.89 bits per heavy atom. The van der Waals surface area contributed by atoms with Crippen molar-refractivity contribution in [2.75, 3.05) is 83.5 Å². The smallest absolute Gasteiger partial charge is 0.328 e. The van der Waals surface area contributed by atoms with Crippen molar-refractivity contribution < 1.29 is 68.4 Å². The molecular formula is C66H98N18O14S2. The molecule has 3 aliphatic rings. The van der Waals surface area contributed by atoms with Crippen LogP contribution >= 0.6 is 21.6 Å². The van der Waals surface area contributed by atoms with Gasteiger partial charge in [-0.25, -0.2) is 4.79 Å². The maximum absolute atomic E-state index is 15.2. The van der Waals surface area contributed by atoms with Gasteiger partial charge in [-0.2, -0.15) is 0 Å². The Balaban J connectivity index is 1.20. The molecule has 3 saturated heterocycles. The number of hydrogen-bond donors (Lipinski definition) is 22. The monoisotopic (exact) mass is 1430 g/mol. The highest BCUT2D eigenvalue weighted by Gasteiger charge is 2.39. The highest BCUT2D eigenvalue weighted by Crippen LogP contribution is 2.25. The molecular weight excluding hydrogens is 1330 g/mol. The van der Waals surface area contributed by atoms with Crippen LogP contribution in [0.25, 0.3) is 10.9 Å². The van der Waals surface area contributed by atoms with Gasteiger partial charge in [-0.05, 0) is 81.0 Å². The summed E-state index contributed by atoms with van der Waals surface area (Å²) in [6.07, 6.45) is -1.81. The molecule has 34 heteroatoms. The number of phenolic OH excluding ortho intramolecular Hbond substituents is 1. The van der Waals surface area contributed by atoms with Gasteiger partial charge in [0.05, 0.1) is 17.9 Å². The number of phenols is 1. The van der Waals surface area contributed by atoms with Crippen molar-refractivity contribution in [1.29, 1.82) is 0 Å². The number of rotatable bonds is 23. The van der Waals surface area contributed by atoms with Crippen molar-refractivity contribution in [2.45, 2.75) is 144 Å². The van der Waals surface area contributed by atoms with E-state index in [1.165, 1.54) is 31.2 Å². The average Bonchev–Trinajstić information content (AvgIpc) is 1.63. The van der Waals surface area contributed by atoms with Crippen LogP contribution in [0.3, 0.4) is 0 Å². The number of carbonyl (C=O) groups excluding carboxylic acids is 9. The summed E-state index contributed by atoms with van der Waals surface area (Å²) in [5, 5.41) is 87.2. The number of carbonyl (C=O) groups is 10. The van der Waals surface area contributed by atoms with E-state index < -0.39 is 131 Å². The summed E-state index contributed by atoms with van der Waals surface area (Å²) in [6, 6.07) is 8.82. The lowest BCUT2D eigenvalue weighted by Crippen LogP contribution is -2.72. The summed E-state index contributed by atoms with van der Waals surface area (Å²) in [7, 11) is 1.75. The number of aliphatic carboxylic acids is 1. The van der Waals surface area contributed by atoms with E-state index in [1.54, 1.807) is 60.8 Å². The third kappa shape index (κ3) is 25.3. The molecule has 100 heavy (non-hydrogen) atoms. The van der Waals surface area contributed by atoms with Crippen LogP contribution in [0.1, 0.15) is 69.1 Å². The Kier molecular flexibility index (Phi) is 31.6. The van der Waals surface area contributed by atoms with Gasteiger partial charge in [0, 0.05) is 126 Å². The average molecular weight is 1430 g/mol. The van der Waals surface area contributed by atoms with Crippen molar-refractivity contribution in [2.24, 2.45) is 11.5 Å². The molecule has 0 radical (unpaired) electrons. The number of aliphatic hydroxyl groups excluding tert-OH is 2. The van der Waals surface area contributed by atoms with E-state index in [0.717, 1.165) is 28.5 Å². The first-order valence-electron chi connectivity index (χ1n) is 33.7. The first-order valence-corrected chi connectivity index (χ1v) is 36.2. The summed E-state index contributed by atoms with van der Waals surface area (Å²) in [5.41, 5.74) is 13.2. The lowest BCUT2D eigenvalue weighted by Gasteiger charge is -2.39. The number of aromatic hydroxyl groups is 1. The zero-order valence-electron chi connectivity index (χ0n) is 56.3. The molecule has 0 spiro atoms. The fourth-order valence-electron chi connectivity index (χ4n) is 11.6. The fourth-order valence-corrected chi connectivity index (χ4v) is 13.9. The number of carboxylic acids is 1. The number of fused-ring (bicyclic) bond motifs is 6. The maximum atomic E-state index is 15.2. The molecule has 2 bridgehead atoms. The Bertz CT molecular complexity index is 3360. The second kappa shape index (κ2) is 39.9. The predicted octanol–water partition coefficient (Wildman–Crippen LogP) is -4.65. The first-order chi connectivity index (χ1) is 47.9. The number of H-pyrrole nitrogens is 1. The quantitative estimate of drug-likeness (QED) is 0.0245. The number of nitrogens with one attached hydrogen (secondary N) is 16. The second-order valence-corrected chi connectivity index (χ2v) is 27.9. The molecule has 0 saturated carbocycles. The van der Waals surface area contributed by atoms with E-state index in [9.17, 15) is 54.0 Å². The van der Waals surface area contributed by atoms with E-state index >= 15 is 14.4 Å². The summed E-state index contributed by atoms with van der Waals surface area (Å²) in [6.45, 7) is 7.62. The van der Waals surface area contributed by atoms with Crippen molar-refractivity contribution in [3.8, 4) is 5.75 Å². The molecule has 4 aromatic rings. The molecule has 24 N–H and O–H groups in total. The zero-order valence-corrected chi connectivity index (χ0v) is 57.9. The van der Waals surface area contributed by atoms with E-state index in [4.69, 9.17) is 11.5 Å². The Labute approximate surface area is 588 Å². The second-order valence-electron chi connectivity index (χ2n) is 25.4. The topological polar surface area (TPSA) is 500 Å². The van der Waals surface area contributed by atoms with Crippen LogP contribution in [0.15, 0.2) is 85.1 Å². The van der Waals surface area contributed by atoms with Crippen LogP contribution in [0, 0.1) is 0 Å². The number of para-hydroxylation sites is 1. The number of amides is 9. The van der Waals surface area contributed by atoms with Crippen molar-refractivity contribution in [3.63, 3.8) is 0 Å². The van der Waals surface area contributed by atoms with Crippen molar-refractivity contribution in [1.82, 2.24) is 84.7 Å². The van der Waals surface area contributed by atoms with Crippen molar-refractivity contribution in [3.05, 3.63) is 102 Å². The highest BCUT2D eigenvalue weighted by atomic mass is 33.1. The van der Waals surface area contributed by atoms with Crippen LogP contribution in [0.5, 0.6) is 5.75 Å². The molecule has 3 fully saturated rings. The number of aromatic nitrogens is 1. The van der Waals surface area contributed by atoms with Gasteiger partial charge >= 0.3 is 5.97 Å². The van der Waals surface area contributed by atoms with E-state index in [0.29, 0.717) is 99.5 Å².